The predicted octanol–water partition coefficient (Wildman–Crippen LogP) is 2.47. The Morgan fingerprint density at radius 2 is 1.95 bits per heavy atom. The molecule has 0 radical (unpaired) electrons. The van der Waals surface area contributed by atoms with Crippen LogP contribution in [0.5, 0.6) is 0 Å². The molecule has 124 valence electrons. The molecule has 2 fully saturated rings. The van der Waals surface area contributed by atoms with Crippen molar-refractivity contribution in [3.05, 3.63) is 24.2 Å². The summed E-state index contributed by atoms with van der Waals surface area (Å²) >= 11 is 0. The van der Waals surface area contributed by atoms with Gasteiger partial charge in [-0.25, -0.2) is 0 Å². The Balaban J connectivity index is 0.00000176. The molecule has 1 saturated heterocycles. The standard InChI is InChI=1S/C16H24N2O3.ClH/c19-15(14-5-4-10-21-14)17-13-16(6-2-1-3-7-16)18-8-11-20-12-9-18;/h4-5,10H,1-3,6-9,11-13H2,(H,17,19);1H. The van der Waals surface area contributed by atoms with Gasteiger partial charge in [0.25, 0.3) is 5.91 Å². The summed E-state index contributed by atoms with van der Waals surface area (Å²) < 4.78 is 10.6. The Morgan fingerprint density at radius 3 is 2.59 bits per heavy atom. The lowest BCUT2D eigenvalue weighted by Gasteiger charge is -2.48. The van der Waals surface area contributed by atoms with Gasteiger partial charge in [0.15, 0.2) is 5.76 Å². The zero-order valence-corrected chi connectivity index (χ0v) is 13.7. The third-order valence-corrected chi connectivity index (χ3v) is 4.79. The first-order chi connectivity index (χ1) is 10.3. The first-order valence-corrected chi connectivity index (χ1v) is 7.95. The van der Waals surface area contributed by atoms with Crippen molar-refractivity contribution in [2.75, 3.05) is 32.8 Å². The topological polar surface area (TPSA) is 54.7 Å². The van der Waals surface area contributed by atoms with E-state index >= 15 is 0 Å². The van der Waals surface area contributed by atoms with E-state index in [0.717, 1.165) is 39.1 Å². The first kappa shape index (κ1) is 17.3. The van der Waals surface area contributed by atoms with Crippen LogP contribution in [0.25, 0.3) is 0 Å². The Labute approximate surface area is 137 Å². The lowest BCUT2D eigenvalue weighted by Crippen LogP contribution is -2.59. The average molecular weight is 329 g/mol. The summed E-state index contributed by atoms with van der Waals surface area (Å²) in [6.07, 6.45) is 7.64. The van der Waals surface area contributed by atoms with E-state index in [-0.39, 0.29) is 23.9 Å². The van der Waals surface area contributed by atoms with Gasteiger partial charge in [0.1, 0.15) is 0 Å². The summed E-state index contributed by atoms with van der Waals surface area (Å²) in [6.45, 7) is 4.24. The van der Waals surface area contributed by atoms with Crippen LogP contribution in [0.1, 0.15) is 42.7 Å². The molecule has 0 bridgehead atoms. The lowest BCUT2D eigenvalue weighted by molar-refractivity contribution is -0.0362. The largest absolute Gasteiger partial charge is 0.459 e. The summed E-state index contributed by atoms with van der Waals surface area (Å²) in [7, 11) is 0. The molecule has 1 aromatic heterocycles. The van der Waals surface area contributed by atoms with E-state index in [4.69, 9.17) is 9.15 Å². The number of hydrogen-bond acceptors (Lipinski definition) is 4. The summed E-state index contributed by atoms with van der Waals surface area (Å²) in [4.78, 5) is 14.7. The van der Waals surface area contributed by atoms with Crippen molar-refractivity contribution in [1.29, 1.82) is 0 Å². The number of furan rings is 1. The highest BCUT2D eigenvalue weighted by atomic mass is 35.5. The van der Waals surface area contributed by atoms with Crippen LogP contribution >= 0.6 is 12.4 Å². The van der Waals surface area contributed by atoms with Crippen LogP contribution in [0.2, 0.25) is 0 Å². The summed E-state index contributed by atoms with van der Waals surface area (Å²) in [6, 6.07) is 3.45. The van der Waals surface area contributed by atoms with Gasteiger partial charge in [-0.2, -0.15) is 0 Å². The van der Waals surface area contributed by atoms with Crippen molar-refractivity contribution >= 4 is 18.3 Å². The van der Waals surface area contributed by atoms with Crippen LogP contribution in [0, 0.1) is 0 Å². The highest BCUT2D eigenvalue weighted by molar-refractivity contribution is 5.91. The summed E-state index contributed by atoms with van der Waals surface area (Å²) in [5.74, 6) is 0.279. The Kier molecular flexibility index (Phi) is 6.29. The molecule has 1 aliphatic heterocycles. The second-order valence-electron chi connectivity index (χ2n) is 6.04. The predicted molar refractivity (Wildman–Crippen MR) is 86.5 cm³/mol. The molecule has 0 unspecified atom stereocenters. The van der Waals surface area contributed by atoms with Gasteiger partial charge in [-0.05, 0) is 25.0 Å². The highest BCUT2D eigenvalue weighted by Crippen LogP contribution is 2.33. The van der Waals surface area contributed by atoms with E-state index < -0.39 is 0 Å². The molecule has 1 amide bonds. The maximum absolute atomic E-state index is 12.1. The Hall–Kier alpha value is -1.04. The van der Waals surface area contributed by atoms with E-state index in [0.29, 0.717) is 12.3 Å². The number of nitrogens with one attached hydrogen (secondary N) is 1. The Morgan fingerprint density at radius 1 is 1.23 bits per heavy atom. The van der Waals surface area contributed by atoms with Crippen LogP contribution in [0.4, 0.5) is 0 Å². The number of morpholine rings is 1. The number of carbonyl (C=O) groups excluding carboxylic acids is 1. The van der Waals surface area contributed by atoms with E-state index in [1.807, 2.05) is 0 Å². The van der Waals surface area contributed by atoms with Gasteiger partial charge in [0, 0.05) is 25.2 Å². The van der Waals surface area contributed by atoms with Crippen molar-refractivity contribution in [3.63, 3.8) is 0 Å². The lowest BCUT2D eigenvalue weighted by atomic mass is 9.79. The molecule has 1 N–H and O–H groups in total. The fourth-order valence-corrected chi connectivity index (χ4v) is 3.59. The maximum Gasteiger partial charge on any atom is 0.287 e. The third-order valence-electron chi connectivity index (χ3n) is 4.79. The third kappa shape index (κ3) is 3.83. The minimum absolute atomic E-state index is 0. The molecule has 6 heteroatoms. The van der Waals surface area contributed by atoms with E-state index in [1.54, 1.807) is 12.1 Å². The molecule has 5 nitrogen and oxygen atoms in total. The number of halogens is 1. The zero-order chi connectivity index (χ0) is 14.5. The van der Waals surface area contributed by atoms with Crippen molar-refractivity contribution in [2.24, 2.45) is 0 Å². The van der Waals surface area contributed by atoms with Gasteiger partial charge < -0.3 is 14.5 Å². The molecular formula is C16H25ClN2O3. The van der Waals surface area contributed by atoms with Crippen LogP contribution in [0.3, 0.4) is 0 Å². The average Bonchev–Trinajstić information content (AvgIpc) is 3.09. The molecule has 3 rings (SSSR count). The molecule has 1 aromatic rings. The highest BCUT2D eigenvalue weighted by Gasteiger charge is 2.38. The zero-order valence-electron chi connectivity index (χ0n) is 12.9. The molecular weight excluding hydrogens is 304 g/mol. The van der Waals surface area contributed by atoms with E-state index in [9.17, 15) is 4.79 Å². The van der Waals surface area contributed by atoms with Crippen LogP contribution in [-0.4, -0.2) is 49.2 Å². The summed E-state index contributed by atoms with van der Waals surface area (Å²) in [5.41, 5.74) is 0.101. The van der Waals surface area contributed by atoms with E-state index in [2.05, 4.69) is 10.2 Å². The fraction of sp³-hybridized carbons (Fsp3) is 0.688. The van der Waals surface area contributed by atoms with Gasteiger partial charge in [-0.1, -0.05) is 19.3 Å². The summed E-state index contributed by atoms with van der Waals surface area (Å²) in [5, 5.41) is 3.08. The molecule has 1 aliphatic carbocycles. The van der Waals surface area contributed by atoms with Crippen LogP contribution < -0.4 is 5.32 Å². The molecule has 0 spiro atoms. The minimum Gasteiger partial charge on any atom is -0.459 e. The molecule has 0 aromatic carbocycles. The van der Waals surface area contributed by atoms with Gasteiger partial charge in [-0.3, -0.25) is 9.69 Å². The number of carbonyl (C=O) groups is 1. The van der Waals surface area contributed by atoms with Crippen LogP contribution in [0.15, 0.2) is 22.8 Å². The quantitative estimate of drug-likeness (QED) is 0.922. The Bertz CT molecular complexity index is 452. The van der Waals surface area contributed by atoms with Crippen LogP contribution in [-0.2, 0) is 4.74 Å². The number of ether oxygens (including phenoxy) is 1. The molecule has 1 saturated carbocycles. The fourth-order valence-electron chi connectivity index (χ4n) is 3.59. The SMILES string of the molecule is Cl.O=C(NCC1(N2CCOCC2)CCCCC1)c1ccco1. The monoisotopic (exact) mass is 328 g/mol. The number of amides is 1. The van der Waals surface area contributed by atoms with Gasteiger partial charge in [0.05, 0.1) is 19.5 Å². The molecule has 2 heterocycles. The maximum atomic E-state index is 12.1. The van der Waals surface area contributed by atoms with Gasteiger partial charge >= 0.3 is 0 Å². The van der Waals surface area contributed by atoms with Crippen molar-refractivity contribution < 1.29 is 13.9 Å². The first-order valence-electron chi connectivity index (χ1n) is 7.95. The molecule has 2 aliphatic rings. The smallest absolute Gasteiger partial charge is 0.287 e. The van der Waals surface area contributed by atoms with E-state index in [1.165, 1.54) is 25.5 Å². The van der Waals surface area contributed by atoms with Gasteiger partial charge in [-0.15, -0.1) is 12.4 Å². The van der Waals surface area contributed by atoms with Crippen molar-refractivity contribution in [3.8, 4) is 0 Å². The number of rotatable bonds is 4. The second kappa shape index (κ2) is 7.99. The van der Waals surface area contributed by atoms with Crippen molar-refractivity contribution in [2.45, 2.75) is 37.6 Å². The normalized spacial score (nSPS) is 21.8. The molecule has 0 atom stereocenters. The number of nitrogens with zero attached hydrogens (tertiary/aromatic N) is 1. The van der Waals surface area contributed by atoms with Gasteiger partial charge in [0.2, 0.25) is 0 Å². The second-order valence-corrected chi connectivity index (χ2v) is 6.04. The number of hydrogen-bond donors (Lipinski definition) is 1. The minimum atomic E-state index is -0.113. The van der Waals surface area contributed by atoms with Crippen molar-refractivity contribution in [1.82, 2.24) is 10.2 Å². The molecule has 22 heavy (non-hydrogen) atoms.